The van der Waals surface area contributed by atoms with Gasteiger partial charge in [0.25, 0.3) is 0 Å². The van der Waals surface area contributed by atoms with Crippen LogP contribution >= 0.6 is 11.8 Å². The Kier molecular flexibility index (Phi) is 12.3. The van der Waals surface area contributed by atoms with E-state index >= 15 is 0 Å². The number of methoxy groups -OCH3 is 2. The first-order valence-electron chi connectivity index (χ1n) is 13.4. The van der Waals surface area contributed by atoms with Gasteiger partial charge in [-0.1, -0.05) is 60.6 Å². The number of benzene rings is 1. The molecule has 1 amide bonds. The Bertz CT molecular complexity index is 782. The van der Waals surface area contributed by atoms with Crippen LogP contribution in [0.3, 0.4) is 0 Å². The molecule has 1 aromatic carbocycles. The summed E-state index contributed by atoms with van der Waals surface area (Å²) in [4.78, 5) is 15.3. The molecule has 1 heterocycles. The summed E-state index contributed by atoms with van der Waals surface area (Å²) in [5.74, 6) is 1.39. The molecule has 1 N–H and O–H groups in total. The molecule has 2 rings (SSSR count). The second-order valence-electron chi connectivity index (χ2n) is 11.2. The molecule has 1 aliphatic rings. The van der Waals surface area contributed by atoms with Gasteiger partial charge in [-0.2, -0.15) is 0 Å². The van der Waals surface area contributed by atoms with Gasteiger partial charge < -0.3 is 23.9 Å². The molecule has 6 nitrogen and oxygen atoms in total. The van der Waals surface area contributed by atoms with Crippen LogP contribution in [0.5, 0.6) is 0 Å². The van der Waals surface area contributed by atoms with Crippen LogP contribution in [0.25, 0.3) is 0 Å². The maximum atomic E-state index is 12.4. The molecular formula is C28H49NO5SSi. The lowest BCUT2D eigenvalue weighted by Gasteiger charge is -2.49. The van der Waals surface area contributed by atoms with Crippen molar-refractivity contribution < 1.29 is 23.8 Å². The van der Waals surface area contributed by atoms with Crippen LogP contribution in [0, 0.1) is 5.92 Å². The number of rotatable bonds is 12. The molecule has 1 fully saturated rings. The molecule has 0 bridgehead atoms. The largest absolute Gasteiger partial charge is 0.453 e. The highest BCUT2D eigenvalue weighted by Gasteiger charge is 2.50. The van der Waals surface area contributed by atoms with E-state index in [0.717, 1.165) is 24.3 Å². The lowest BCUT2D eigenvalue weighted by molar-refractivity contribution is -0.0216. The summed E-state index contributed by atoms with van der Waals surface area (Å²) in [7, 11) is 0.893. The van der Waals surface area contributed by atoms with Crippen LogP contribution in [-0.4, -0.2) is 76.3 Å². The first-order chi connectivity index (χ1) is 17.0. The van der Waals surface area contributed by atoms with Crippen molar-refractivity contribution in [2.24, 2.45) is 5.92 Å². The number of thioether (sulfide) groups is 1. The van der Waals surface area contributed by atoms with Crippen molar-refractivity contribution in [3.63, 3.8) is 0 Å². The highest BCUT2D eigenvalue weighted by molar-refractivity contribution is 7.99. The second kappa shape index (κ2) is 14.2. The minimum absolute atomic E-state index is 0.199. The van der Waals surface area contributed by atoms with Gasteiger partial charge in [0.15, 0.2) is 0 Å². The average Bonchev–Trinajstić information content (AvgIpc) is 2.81. The summed E-state index contributed by atoms with van der Waals surface area (Å²) in [6.07, 6.45) is -0.330. The summed E-state index contributed by atoms with van der Waals surface area (Å²) in [6.45, 7) is 17.2. The number of likely N-dealkylation sites (tertiary alicyclic amines) is 1. The third-order valence-electron chi connectivity index (χ3n) is 7.71. The molecular weight excluding hydrogens is 490 g/mol. The van der Waals surface area contributed by atoms with Crippen molar-refractivity contribution in [1.82, 2.24) is 4.90 Å². The van der Waals surface area contributed by atoms with Crippen molar-refractivity contribution in [2.45, 2.75) is 94.5 Å². The number of aliphatic hydroxyl groups is 1. The average molecular weight is 540 g/mol. The molecule has 8 heteroatoms. The van der Waals surface area contributed by atoms with E-state index in [0.29, 0.717) is 29.1 Å². The number of hydrogen-bond acceptors (Lipinski definition) is 6. The minimum Gasteiger partial charge on any atom is -0.453 e. The second-order valence-corrected chi connectivity index (χ2v) is 17.8. The van der Waals surface area contributed by atoms with Crippen LogP contribution in [0.4, 0.5) is 4.79 Å². The van der Waals surface area contributed by atoms with Gasteiger partial charge in [-0.05, 0) is 52.4 Å². The fourth-order valence-corrected chi connectivity index (χ4v) is 12.7. The molecule has 0 radical (unpaired) electrons. The topological polar surface area (TPSA) is 68.2 Å². The lowest BCUT2D eigenvalue weighted by Crippen LogP contribution is -2.59. The zero-order chi connectivity index (χ0) is 27.0. The number of piperidine rings is 1. The quantitative estimate of drug-likeness (QED) is 0.240. The van der Waals surface area contributed by atoms with Crippen LogP contribution in [0.1, 0.15) is 66.4 Å². The summed E-state index contributed by atoms with van der Waals surface area (Å²) >= 11 is 1.85. The Morgan fingerprint density at radius 1 is 1.03 bits per heavy atom. The van der Waals surface area contributed by atoms with Gasteiger partial charge in [0.1, 0.15) is 0 Å². The van der Waals surface area contributed by atoms with E-state index in [-0.39, 0.29) is 18.6 Å². The smallest absolute Gasteiger partial charge is 0.409 e. The highest BCUT2D eigenvalue weighted by atomic mass is 32.2. The number of ether oxygens (including phenoxy) is 2. The number of amides is 1. The standard InChI is InChI=1S/C28H49NO5SSi/c1-19(2)36(20(3)4,21(5)6)34-26-17-29(28(31)33-9)16-25(30)27(26)23-10-12-24(13-11-23)35-15-14-22(7)18-32-8/h10-13,19-22,25-27,30H,14-18H2,1-9H3/t22-,25+,26-,27-/m1/s1. The molecule has 206 valence electrons. The number of nitrogens with zero attached hydrogens (tertiary/aromatic N) is 1. The molecule has 1 saturated heterocycles. The van der Waals surface area contributed by atoms with E-state index in [4.69, 9.17) is 13.9 Å². The van der Waals surface area contributed by atoms with E-state index in [2.05, 4.69) is 72.7 Å². The first-order valence-corrected chi connectivity index (χ1v) is 16.5. The van der Waals surface area contributed by atoms with Crippen LogP contribution in [0.15, 0.2) is 29.2 Å². The van der Waals surface area contributed by atoms with Crippen LogP contribution in [-0.2, 0) is 13.9 Å². The van der Waals surface area contributed by atoms with Crippen molar-refractivity contribution in [3.05, 3.63) is 29.8 Å². The molecule has 0 saturated carbocycles. The molecule has 4 atom stereocenters. The third-order valence-corrected chi connectivity index (χ3v) is 14.9. The van der Waals surface area contributed by atoms with Gasteiger partial charge >= 0.3 is 6.09 Å². The molecule has 1 aromatic rings. The van der Waals surface area contributed by atoms with E-state index in [9.17, 15) is 9.90 Å². The fourth-order valence-electron chi connectivity index (χ4n) is 6.02. The first kappa shape index (κ1) is 31.2. The SMILES string of the molecule is COC[C@H](C)CCSc1ccc([C@@H]2[C@@H](O)CN(C(=O)OC)C[C@H]2O[Si](C(C)C)(C(C)C)C(C)C)cc1. The molecule has 0 unspecified atom stereocenters. The number of aliphatic hydroxyl groups excluding tert-OH is 1. The normalized spacial score (nSPS) is 21.9. The van der Waals surface area contributed by atoms with Gasteiger partial charge in [-0.25, -0.2) is 4.79 Å². The number of β-amino-alcohol motifs (C(OH)–C–C–N with tert-alkyl or cyclic N) is 1. The van der Waals surface area contributed by atoms with Gasteiger partial charge in [-0.15, -0.1) is 11.8 Å². The van der Waals surface area contributed by atoms with Crippen molar-refractivity contribution in [1.29, 1.82) is 0 Å². The minimum atomic E-state index is -2.24. The van der Waals surface area contributed by atoms with Crippen molar-refractivity contribution >= 4 is 26.2 Å². The lowest BCUT2D eigenvalue weighted by atomic mass is 9.85. The fraction of sp³-hybridized carbons (Fsp3) is 0.750. The molecule has 0 aliphatic carbocycles. The zero-order valence-corrected chi connectivity index (χ0v) is 25.6. The van der Waals surface area contributed by atoms with Crippen LogP contribution in [0.2, 0.25) is 16.6 Å². The van der Waals surface area contributed by atoms with E-state index < -0.39 is 20.5 Å². The summed E-state index contributed by atoms with van der Waals surface area (Å²) < 4.78 is 17.4. The monoisotopic (exact) mass is 539 g/mol. The summed E-state index contributed by atoms with van der Waals surface area (Å²) in [5.41, 5.74) is 2.28. The third kappa shape index (κ3) is 7.50. The predicted octanol–water partition coefficient (Wildman–Crippen LogP) is 6.54. The summed E-state index contributed by atoms with van der Waals surface area (Å²) in [5, 5.41) is 11.3. The van der Waals surface area contributed by atoms with Crippen LogP contribution < -0.4 is 0 Å². The van der Waals surface area contributed by atoms with E-state index in [1.807, 2.05) is 11.8 Å². The van der Waals surface area contributed by atoms with Gasteiger partial charge in [0, 0.05) is 31.1 Å². The Labute approximate surface area is 224 Å². The Morgan fingerprint density at radius 3 is 2.11 bits per heavy atom. The van der Waals surface area contributed by atoms with Crippen molar-refractivity contribution in [3.8, 4) is 0 Å². The maximum Gasteiger partial charge on any atom is 0.409 e. The highest BCUT2D eigenvalue weighted by Crippen LogP contribution is 2.45. The Balaban J connectivity index is 2.31. The number of hydrogen-bond donors (Lipinski definition) is 1. The Morgan fingerprint density at radius 2 is 1.61 bits per heavy atom. The van der Waals surface area contributed by atoms with Crippen molar-refractivity contribution in [2.75, 3.05) is 39.7 Å². The predicted molar refractivity (Wildman–Crippen MR) is 151 cm³/mol. The zero-order valence-electron chi connectivity index (χ0n) is 23.8. The van der Waals surface area contributed by atoms with E-state index in [1.165, 1.54) is 12.0 Å². The molecule has 0 aromatic heterocycles. The molecule has 36 heavy (non-hydrogen) atoms. The number of carbonyl (C=O) groups excluding carboxylic acids is 1. The summed E-state index contributed by atoms with van der Waals surface area (Å²) in [6, 6.07) is 8.55. The van der Waals surface area contributed by atoms with Gasteiger partial charge in [-0.3, -0.25) is 0 Å². The van der Waals surface area contributed by atoms with E-state index in [1.54, 1.807) is 12.0 Å². The maximum absolute atomic E-state index is 12.4. The Hall–Kier alpha value is -1.06. The van der Waals surface area contributed by atoms with Gasteiger partial charge in [0.05, 0.1) is 25.9 Å². The molecule has 1 aliphatic heterocycles. The van der Waals surface area contributed by atoms with Gasteiger partial charge in [0.2, 0.25) is 8.32 Å². The number of carbonyl (C=O) groups is 1. The molecule has 0 spiro atoms.